The Morgan fingerprint density at radius 2 is 2.14 bits per heavy atom. The molecule has 22 heavy (non-hydrogen) atoms. The third kappa shape index (κ3) is 2.88. The van der Waals surface area contributed by atoms with Crippen molar-refractivity contribution in [3.63, 3.8) is 0 Å². The maximum absolute atomic E-state index is 12.5. The zero-order valence-electron chi connectivity index (χ0n) is 12.5. The average Bonchev–Trinajstić information content (AvgIpc) is 2.56. The third-order valence-corrected chi connectivity index (χ3v) is 3.93. The summed E-state index contributed by atoms with van der Waals surface area (Å²) in [5.74, 6) is -0.373. The average molecular weight is 301 g/mol. The molecule has 0 unspecified atom stereocenters. The molecule has 2 aromatic rings. The third-order valence-electron chi connectivity index (χ3n) is 3.93. The number of benzene rings is 1. The molecular weight excluding hydrogens is 282 g/mol. The Balaban J connectivity index is 1.95. The summed E-state index contributed by atoms with van der Waals surface area (Å²) in [4.78, 5) is 29.5. The Morgan fingerprint density at radius 3 is 2.86 bits per heavy atom. The Kier molecular flexibility index (Phi) is 4.22. The highest BCUT2D eigenvalue weighted by Gasteiger charge is 2.14. The van der Waals surface area contributed by atoms with Gasteiger partial charge in [-0.3, -0.25) is 14.5 Å². The number of rotatable bonds is 3. The zero-order valence-corrected chi connectivity index (χ0v) is 12.5. The topological polar surface area (TPSA) is 74.4 Å². The van der Waals surface area contributed by atoms with Crippen molar-refractivity contribution in [3.8, 4) is 0 Å². The number of ether oxygens (including phenoxy) is 1. The summed E-state index contributed by atoms with van der Waals surface area (Å²) in [6, 6.07) is 5.77. The SMILES string of the molecule is CNC(=O)c1c[nH]c2ccc(CN3CCOCC3)cc2c1=O. The minimum Gasteiger partial charge on any atom is -0.379 e. The molecule has 2 N–H and O–H groups in total. The lowest BCUT2D eigenvalue weighted by molar-refractivity contribution is 0.0342. The predicted octanol–water partition coefficient (Wildman–Crippen LogP) is 0.720. The Labute approximate surface area is 128 Å². The van der Waals surface area contributed by atoms with E-state index in [0.29, 0.717) is 5.39 Å². The molecule has 0 atom stereocenters. The van der Waals surface area contributed by atoms with Gasteiger partial charge in [-0.2, -0.15) is 0 Å². The van der Waals surface area contributed by atoms with Gasteiger partial charge < -0.3 is 15.0 Å². The summed E-state index contributed by atoms with van der Waals surface area (Å²) in [6.07, 6.45) is 1.46. The monoisotopic (exact) mass is 301 g/mol. The first-order chi connectivity index (χ1) is 10.7. The quantitative estimate of drug-likeness (QED) is 0.876. The number of H-pyrrole nitrogens is 1. The molecule has 1 saturated heterocycles. The van der Waals surface area contributed by atoms with Crippen molar-refractivity contribution in [1.82, 2.24) is 15.2 Å². The van der Waals surface area contributed by atoms with Crippen molar-refractivity contribution in [2.45, 2.75) is 6.54 Å². The minimum absolute atomic E-state index is 0.138. The van der Waals surface area contributed by atoms with E-state index >= 15 is 0 Å². The molecule has 3 rings (SSSR count). The van der Waals surface area contributed by atoms with Crippen LogP contribution in [0, 0.1) is 0 Å². The fraction of sp³-hybridized carbons (Fsp3) is 0.375. The van der Waals surface area contributed by atoms with Gasteiger partial charge in [0.1, 0.15) is 5.56 Å². The largest absolute Gasteiger partial charge is 0.379 e. The number of hydrogen-bond acceptors (Lipinski definition) is 4. The van der Waals surface area contributed by atoms with Crippen molar-refractivity contribution in [2.24, 2.45) is 0 Å². The lowest BCUT2D eigenvalue weighted by atomic mass is 10.1. The van der Waals surface area contributed by atoms with Gasteiger partial charge in [0.2, 0.25) is 5.43 Å². The first-order valence-corrected chi connectivity index (χ1v) is 7.35. The number of hydrogen-bond donors (Lipinski definition) is 2. The number of nitrogens with zero attached hydrogens (tertiary/aromatic N) is 1. The molecule has 1 aromatic heterocycles. The normalized spacial score (nSPS) is 15.9. The maximum atomic E-state index is 12.5. The number of amides is 1. The summed E-state index contributed by atoms with van der Waals surface area (Å²) >= 11 is 0. The molecule has 6 nitrogen and oxygen atoms in total. The van der Waals surface area contributed by atoms with E-state index in [2.05, 4.69) is 15.2 Å². The standard InChI is InChI=1S/C16H19N3O3/c1-17-16(21)13-9-18-14-3-2-11(8-12(14)15(13)20)10-19-4-6-22-7-5-19/h2-3,8-9H,4-7,10H2,1H3,(H,17,21)(H,18,20). The highest BCUT2D eigenvalue weighted by atomic mass is 16.5. The van der Waals surface area contributed by atoms with Crippen LogP contribution in [0.25, 0.3) is 10.9 Å². The molecule has 2 heterocycles. The minimum atomic E-state index is -0.373. The second-order valence-corrected chi connectivity index (χ2v) is 5.38. The Hall–Kier alpha value is -2.18. The Bertz CT molecular complexity index is 748. The fourth-order valence-corrected chi connectivity index (χ4v) is 2.68. The van der Waals surface area contributed by atoms with E-state index in [1.165, 1.54) is 13.2 Å². The van der Waals surface area contributed by atoms with Crippen LogP contribution in [0.1, 0.15) is 15.9 Å². The summed E-state index contributed by atoms with van der Waals surface area (Å²) in [6.45, 7) is 4.06. The van der Waals surface area contributed by atoms with Gasteiger partial charge in [-0.1, -0.05) is 6.07 Å². The lowest BCUT2D eigenvalue weighted by Gasteiger charge is -2.26. The van der Waals surface area contributed by atoms with Crippen molar-refractivity contribution in [2.75, 3.05) is 33.4 Å². The van der Waals surface area contributed by atoms with Crippen molar-refractivity contribution < 1.29 is 9.53 Å². The van der Waals surface area contributed by atoms with Crippen LogP contribution in [0.15, 0.2) is 29.2 Å². The van der Waals surface area contributed by atoms with Gasteiger partial charge in [0, 0.05) is 43.8 Å². The van der Waals surface area contributed by atoms with Gasteiger partial charge in [-0.15, -0.1) is 0 Å². The van der Waals surface area contributed by atoms with Crippen LogP contribution >= 0.6 is 0 Å². The van der Waals surface area contributed by atoms with Gasteiger partial charge in [0.15, 0.2) is 0 Å². The molecular formula is C16H19N3O3. The van der Waals surface area contributed by atoms with Crippen molar-refractivity contribution >= 4 is 16.8 Å². The number of carbonyl (C=O) groups is 1. The number of nitrogens with one attached hydrogen (secondary N) is 2. The molecule has 0 saturated carbocycles. The zero-order chi connectivity index (χ0) is 15.5. The first kappa shape index (κ1) is 14.7. The number of pyridine rings is 1. The molecule has 1 aliphatic rings. The van der Waals surface area contributed by atoms with Crippen LogP contribution in [-0.2, 0) is 11.3 Å². The summed E-state index contributed by atoms with van der Waals surface area (Å²) in [5, 5.41) is 3.03. The molecule has 1 fully saturated rings. The molecule has 1 aromatic carbocycles. The predicted molar refractivity (Wildman–Crippen MR) is 84.1 cm³/mol. The molecule has 116 valence electrons. The van der Waals surface area contributed by atoms with Gasteiger partial charge >= 0.3 is 0 Å². The second-order valence-electron chi connectivity index (χ2n) is 5.38. The van der Waals surface area contributed by atoms with Crippen LogP contribution < -0.4 is 10.7 Å². The number of carbonyl (C=O) groups excluding carboxylic acids is 1. The van der Waals surface area contributed by atoms with Crippen LogP contribution in [0.4, 0.5) is 0 Å². The van der Waals surface area contributed by atoms with Gasteiger partial charge in [0.05, 0.1) is 13.2 Å². The van der Waals surface area contributed by atoms with Gasteiger partial charge in [-0.25, -0.2) is 0 Å². The van der Waals surface area contributed by atoms with E-state index < -0.39 is 0 Å². The summed E-state index contributed by atoms with van der Waals surface area (Å²) in [5.41, 5.74) is 1.70. The molecule has 0 radical (unpaired) electrons. The van der Waals surface area contributed by atoms with E-state index in [4.69, 9.17) is 4.74 Å². The van der Waals surface area contributed by atoms with Crippen LogP contribution in [0.5, 0.6) is 0 Å². The highest BCUT2D eigenvalue weighted by molar-refractivity contribution is 5.96. The second kappa shape index (κ2) is 6.29. The highest BCUT2D eigenvalue weighted by Crippen LogP contribution is 2.14. The van der Waals surface area contributed by atoms with Crippen LogP contribution in [0.2, 0.25) is 0 Å². The number of fused-ring (bicyclic) bond motifs is 1. The van der Waals surface area contributed by atoms with E-state index in [1.54, 1.807) is 0 Å². The fourth-order valence-electron chi connectivity index (χ4n) is 2.68. The Morgan fingerprint density at radius 1 is 1.36 bits per heavy atom. The molecule has 0 spiro atoms. The maximum Gasteiger partial charge on any atom is 0.256 e. The van der Waals surface area contributed by atoms with Crippen LogP contribution in [-0.4, -0.2) is 49.1 Å². The molecule has 6 heteroatoms. The smallest absolute Gasteiger partial charge is 0.256 e. The number of morpholine rings is 1. The van der Waals surface area contributed by atoms with Crippen LogP contribution in [0.3, 0.4) is 0 Å². The molecule has 1 aliphatic heterocycles. The van der Waals surface area contributed by atoms with Crippen molar-refractivity contribution in [3.05, 3.63) is 45.7 Å². The lowest BCUT2D eigenvalue weighted by Crippen LogP contribution is -2.35. The molecule has 0 bridgehead atoms. The van der Waals surface area contributed by atoms with Crippen molar-refractivity contribution in [1.29, 1.82) is 0 Å². The first-order valence-electron chi connectivity index (χ1n) is 7.35. The number of aromatic nitrogens is 1. The molecule has 1 amide bonds. The number of aromatic amines is 1. The summed E-state index contributed by atoms with van der Waals surface area (Å²) in [7, 11) is 1.51. The van der Waals surface area contributed by atoms with Gasteiger partial charge in [-0.05, 0) is 17.7 Å². The van der Waals surface area contributed by atoms with Gasteiger partial charge in [0.25, 0.3) is 5.91 Å². The molecule has 0 aliphatic carbocycles. The van der Waals surface area contributed by atoms with E-state index in [-0.39, 0.29) is 16.9 Å². The van der Waals surface area contributed by atoms with E-state index in [0.717, 1.165) is 43.9 Å². The van der Waals surface area contributed by atoms with E-state index in [9.17, 15) is 9.59 Å². The van der Waals surface area contributed by atoms with E-state index in [1.807, 2.05) is 18.2 Å². The summed E-state index contributed by atoms with van der Waals surface area (Å²) < 4.78 is 5.34.